The van der Waals surface area contributed by atoms with Crippen molar-refractivity contribution in [2.45, 2.75) is 19.4 Å². The van der Waals surface area contributed by atoms with Gasteiger partial charge in [0.05, 0.1) is 20.3 Å². The number of hydrogen-bond acceptors (Lipinski definition) is 4. The molecule has 19 heavy (non-hydrogen) atoms. The van der Waals surface area contributed by atoms with Crippen LogP contribution >= 0.6 is 0 Å². The fourth-order valence-electron chi connectivity index (χ4n) is 1.64. The summed E-state index contributed by atoms with van der Waals surface area (Å²) in [5.41, 5.74) is 0.975. The summed E-state index contributed by atoms with van der Waals surface area (Å²) in [6.45, 7) is 1.00. The fraction of sp³-hybridized carbons (Fsp3) is 0.500. The van der Waals surface area contributed by atoms with Gasteiger partial charge in [-0.25, -0.2) is 0 Å². The van der Waals surface area contributed by atoms with E-state index in [2.05, 4.69) is 5.32 Å². The first-order valence-electron chi connectivity index (χ1n) is 6.20. The lowest BCUT2D eigenvalue weighted by Crippen LogP contribution is -2.18. The molecular weight excluding hydrogens is 246 g/mol. The number of benzene rings is 1. The minimum absolute atomic E-state index is 0.0247. The molecule has 0 bridgehead atoms. The van der Waals surface area contributed by atoms with E-state index in [0.717, 1.165) is 17.1 Å². The Morgan fingerprint density at radius 1 is 1.32 bits per heavy atom. The molecule has 0 heterocycles. The van der Waals surface area contributed by atoms with Crippen molar-refractivity contribution in [3.63, 3.8) is 0 Å². The lowest BCUT2D eigenvalue weighted by atomic mass is 10.2. The maximum Gasteiger partial charge on any atom is 0.219 e. The van der Waals surface area contributed by atoms with Crippen LogP contribution in [0.15, 0.2) is 18.2 Å². The maximum absolute atomic E-state index is 11.0. The van der Waals surface area contributed by atoms with E-state index < -0.39 is 0 Å². The van der Waals surface area contributed by atoms with E-state index in [1.54, 1.807) is 21.3 Å². The van der Waals surface area contributed by atoms with Crippen molar-refractivity contribution < 1.29 is 19.0 Å². The topological polar surface area (TPSA) is 56.8 Å². The molecule has 1 amide bonds. The Hall–Kier alpha value is -1.75. The Morgan fingerprint density at radius 3 is 2.74 bits per heavy atom. The SMILES string of the molecule is CNC(=O)CCCOc1ccc(COC)c(OC)c1. The van der Waals surface area contributed by atoms with Gasteiger partial charge in [-0.3, -0.25) is 4.79 Å². The predicted molar refractivity (Wildman–Crippen MR) is 72.5 cm³/mol. The van der Waals surface area contributed by atoms with Crippen molar-refractivity contribution in [1.29, 1.82) is 0 Å². The maximum atomic E-state index is 11.0. The van der Waals surface area contributed by atoms with Gasteiger partial charge in [0.1, 0.15) is 11.5 Å². The first kappa shape index (κ1) is 15.3. The minimum atomic E-state index is 0.0247. The number of methoxy groups -OCH3 is 2. The van der Waals surface area contributed by atoms with Gasteiger partial charge in [0.2, 0.25) is 5.91 Å². The van der Waals surface area contributed by atoms with Crippen molar-refractivity contribution in [3.8, 4) is 11.5 Å². The van der Waals surface area contributed by atoms with Gasteiger partial charge in [0.15, 0.2) is 0 Å². The average molecular weight is 267 g/mol. The monoisotopic (exact) mass is 267 g/mol. The second-order valence-electron chi connectivity index (χ2n) is 4.03. The summed E-state index contributed by atoms with van der Waals surface area (Å²) in [7, 11) is 4.88. The normalized spacial score (nSPS) is 10.1. The van der Waals surface area contributed by atoms with Gasteiger partial charge < -0.3 is 19.5 Å². The third-order valence-corrected chi connectivity index (χ3v) is 2.65. The highest BCUT2D eigenvalue weighted by Crippen LogP contribution is 2.25. The third-order valence-electron chi connectivity index (χ3n) is 2.65. The molecule has 1 rings (SSSR count). The van der Waals surface area contributed by atoms with Gasteiger partial charge in [0.25, 0.3) is 0 Å². The summed E-state index contributed by atoms with van der Waals surface area (Å²) in [5, 5.41) is 2.58. The molecule has 0 aliphatic heterocycles. The molecule has 0 fully saturated rings. The number of rotatable bonds is 8. The fourth-order valence-corrected chi connectivity index (χ4v) is 1.64. The van der Waals surface area contributed by atoms with E-state index in [-0.39, 0.29) is 5.91 Å². The molecule has 5 heteroatoms. The second kappa shape index (κ2) is 8.37. The van der Waals surface area contributed by atoms with Gasteiger partial charge in [-0.15, -0.1) is 0 Å². The van der Waals surface area contributed by atoms with Crippen LogP contribution in [0, 0.1) is 0 Å². The lowest BCUT2D eigenvalue weighted by Gasteiger charge is -2.11. The summed E-state index contributed by atoms with van der Waals surface area (Å²) in [6, 6.07) is 5.61. The first-order chi connectivity index (χ1) is 9.21. The Labute approximate surface area is 113 Å². The molecule has 0 saturated heterocycles. The van der Waals surface area contributed by atoms with E-state index in [9.17, 15) is 4.79 Å². The molecule has 0 spiro atoms. The van der Waals surface area contributed by atoms with Crippen LogP contribution in [0.1, 0.15) is 18.4 Å². The van der Waals surface area contributed by atoms with E-state index >= 15 is 0 Å². The van der Waals surface area contributed by atoms with Crippen LogP contribution in [-0.4, -0.2) is 33.8 Å². The Morgan fingerprint density at radius 2 is 2.11 bits per heavy atom. The first-order valence-corrected chi connectivity index (χ1v) is 6.20. The molecule has 106 valence electrons. The van der Waals surface area contributed by atoms with Crippen molar-refractivity contribution in [3.05, 3.63) is 23.8 Å². The van der Waals surface area contributed by atoms with Crippen LogP contribution in [0.4, 0.5) is 0 Å². The minimum Gasteiger partial charge on any atom is -0.496 e. The van der Waals surface area contributed by atoms with E-state index in [0.29, 0.717) is 26.1 Å². The van der Waals surface area contributed by atoms with Crippen LogP contribution < -0.4 is 14.8 Å². The zero-order valence-corrected chi connectivity index (χ0v) is 11.7. The van der Waals surface area contributed by atoms with Crippen LogP contribution in [0.25, 0.3) is 0 Å². The molecule has 1 N–H and O–H groups in total. The Bertz CT molecular complexity index is 406. The highest BCUT2D eigenvalue weighted by Gasteiger charge is 2.05. The lowest BCUT2D eigenvalue weighted by molar-refractivity contribution is -0.120. The van der Waals surface area contributed by atoms with Crippen LogP contribution in [0.2, 0.25) is 0 Å². The van der Waals surface area contributed by atoms with Crippen LogP contribution in [0.3, 0.4) is 0 Å². The average Bonchev–Trinajstić information content (AvgIpc) is 2.44. The third kappa shape index (κ3) is 5.18. The zero-order chi connectivity index (χ0) is 14.1. The standard InChI is InChI=1S/C14H21NO4/c1-15-14(16)5-4-8-19-12-7-6-11(10-17-2)13(9-12)18-3/h6-7,9H,4-5,8,10H2,1-3H3,(H,15,16). The summed E-state index contributed by atoms with van der Waals surface area (Å²) in [6.07, 6.45) is 1.15. The summed E-state index contributed by atoms with van der Waals surface area (Å²) in [5.74, 6) is 1.50. The largest absolute Gasteiger partial charge is 0.496 e. The molecule has 5 nitrogen and oxygen atoms in total. The van der Waals surface area contributed by atoms with Gasteiger partial charge in [0, 0.05) is 32.2 Å². The number of ether oxygens (including phenoxy) is 3. The molecule has 0 saturated carbocycles. The molecule has 1 aromatic carbocycles. The molecule has 0 radical (unpaired) electrons. The van der Waals surface area contributed by atoms with Crippen molar-refractivity contribution >= 4 is 5.91 Å². The van der Waals surface area contributed by atoms with Gasteiger partial charge in [-0.1, -0.05) is 0 Å². The number of hydrogen-bond donors (Lipinski definition) is 1. The number of nitrogens with one attached hydrogen (secondary N) is 1. The molecule has 0 unspecified atom stereocenters. The highest BCUT2D eigenvalue weighted by molar-refractivity contribution is 5.75. The van der Waals surface area contributed by atoms with Crippen molar-refractivity contribution in [2.24, 2.45) is 0 Å². The molecule has 0 aliphatic carbocycles. The molecule has 0 aliphatic rings. The predicted octanol–water partition coefficient (Wildman–Crippen LogP) is 1.75. The molecule has 1 aromatic rings. The van der Waals surface area contributed by atoms with Crippen LogP contribution in [0.5, 0.6) is 11.5 Å². The summed E-state index contributed by atoms with van der Waals surface area (Å²) < 4.78 is 15.9. The Kier molecular flexibility index (Phi) is 6.74. The number of carbonyl (C=O) groups is 1. The van der Waals surface area contributed by atoms with Crippen molar-refractivity contribution in [1.82, 2.24) is 5.32 Å². The van der Waals surface area contributed by atoms with Gasteiger partial charge >= 0.3 is 0 Å². The second-order valence-corrected chi connectivity index (χ2v) is 4.03. The highest BCUT2D eigenvalue weighted by atomic mass is 16.5. The molecule has 0 aromatic heterocycles. The smallest absolute Gasteiger partial charge is 0.219 e. The van der Waals surface area contributed by atoms with E-state index in [1.165, 1.54) is 0 Å². The zero-order valence-electron chi connectivity index (χ0n) is 11.7. The van der Waals surface area contributed by atoms with Crippen LogP contribution in [-0.2, 0) is 16.1 Å². The van der Waals surface area contributed by atoms with Gasteiger partial charge in [-0.05, 0) is 18.6 Å². The number of carbonyl (C=O) groups excluding carboxylic acids is 1. The van der Waals surface area contributed by atoms with Crippen molar-refractivity contribution in [2.75, 3.05) is 27.9 Å². The quantitative estimate of drug-likeness (QED) is 0.729. The van der Waals surface area contributed by atoms with E-state index in [4.69, 9.17) is 14.2 Å². The number of amides is 1. The summed E-state index contributed by atoms with van der Waals surface area (Å²) >= 11 is 0. The molecule has 0 atom stereocenters. The van der Waals surface area contributed by atoms with Gasteiger partial charge in [-0.2, -0.15) is 0 Å². The Balaban J connectivity index is 2.48. The summed E-state index contributed by atoms with van der Waals surface area (Å²) in [4.78, 5) is 11.0. The molecular formula is C14H21NO4. The van der Waals surface area contributed by atoms with E-state index in [1.807, 2.05) is 18.2 Å².